The number of aromatic hydroxyl groups is 3. The Balaban J connectivity index is 0.000000220. The van der Waals surface area contributed by atoms with E-state index in [4.69, 9.17) is 10.2 Å². The highest BCUT2D eigenvalue weighted by Gasteiger charge is 2.05. The molecular weight excluding hydrogens is 284 g/mol. The second-order valence-corrected chi connectivity index (χ2v) is 4.83. The highest BCUT2D eigenvalue weighted by atomic mass is 16.3. The standard InChI is InChI=1S/C9H10O2.C8H8O3/c1-6-3-4-8(7(2)10)9(11)5-6;1-5(9)7-3-2-6(10)4-8(7)11/h3-5,11H,1-2H3;2-4,10-11H,1H3. The van der Waals surface area contributed by atoms with Crippen molar-refractivity contribution in [3.63, 3.8) is 0 Å². The predicted octanol–water partition coefficient (Wildman–Crippen LogP) is 3.20. The molecule has 0 saturated carbocycles. The van der Waals surface area contributed by atoms with E-state index in [1.165, 1.54) is 26.0 Å². The third-order valence-electron chi connectivity index (χ3n) is 2.89. The topological polar surface area (TPSA) is 94.8 Å². The van der Waals surface area contributed by atoms with Gasteiger partial charge in [-0.15, -0.1) is 0 Å². The molecule has 0 aliphatic heterocycles. The molecule has 0 bridgehead atoms. The lowest BCUT2D eigenvalue weighted by molar-refractivity contribution is 0.100. The number of aryl methyl sites for hydroxylation is 1. The van der Waals surface area contributed by atoms with Gasteiger partial charge >= 0.3 is 0 Å². The molecule has 0 heterocycles. The van der Waals surface area contributed by atoms with Crippen molar-refractivity contribution in [2.75, 3.05) is 0 Å². The molecule has 116 valence electrons. The van der Waals surface area contributed by atoms with Gasteiger partial charge in [0, 0.05) is 6.07 Å². The quantitative estimate of drug-likeness (QED) is 0.740. The van der Waals surface area contributed by atoms with E-state index in [-0.39, 0.29) is 34.4 Å². The number of phenols is 3. The van der Waals surface area contributed by atoms with Crippen LogP contribution in [-0.4, -0.2) is 26.9 Å². The van der Waals surface area contributed by atoms with Gasteiger partial charge in [-0.3, -0.25) is 9.59 Å². The van der Waals surface area contributed by atoms with E-state index in [0.29, 0.717) is 5.56 Å². The number of hydrogen-bond donors (Lipinski definition) is 3. The SMILES string of the molecule is CC(=O)c1ccc(C)cc1O.CC(=O)c1ccc(O)cc1O. The molecule has 0 amide bonds. The average Bonchev–Trinajstić information content (AvgIpc) is 2.38. The Kier molecular flexibility index (Phi) is 5.69. The van der Waals surface area contributed by atoms with Crippen LogP contribution in [0.5, 0.6) is 17.2 Å². The lowest BCUT2D eigenvalue weighted by atomic mass is 10.1. The molecule has 0 fully saturated rings. The van der Waals surface area contributed by atoms with Crippen molar-refractivity contribution in [1.82, 2.24) is 0 Å². The number of ketones is 2. The van der Waals surface area contributed by atoms with Gasteiger partial charge in [-0.1, -0.05) is 6.07 Å². The van der Waals surface area contributed by atoms with Crippen molar-refractivity contribution < 1.29 is 24.9 Å². The van der Waals surface area contributed by atoms with Crippen LogP contribution in [0.25, 0.3) is 0 Å². The van der Waals surface area contributed by atoms with Gasteiger partial charge in [-0.2, -0.15) is 0 Å². The van der Waals surface area contributed by atoms with Crippen molar-refractivity contribution in [3.8, 4) is 17.2 Å². The fourth-order valence-corrected chi connectivity index (χ4v) is 1.76. The Morgan fingerprint density at radius 3 is 1.64 bits per heavy atom. The Labute approximate surface area is 128 Å². The molecule has 0 aliphatic carbocycles. The number of phenolic OH excluding ortho intramolecular Hbond substituents is 3. The van der Waals surface area contributed by atoms with Gasteiger partial charge in [0.1, 0.15) is 17.2 Å². The van der Waals surface area contributed by atoms with Crippen LogP contribution < -0.4 is 0 Å². The molecule has 0 unspecified atom stereocenters. The maximum Gasteiger partial charge on any atom is 0.163 e. The first-order valence-corrected chi connectivity index (χ1v) is 6.56. The first kappa shape index (κ1) is 17.2. The molecule has 3 N–H and O–H groups in total. The van der Waals surface area contributed by atoms with Gasteiger partial charge in [0.25, 0.3) is 0 Å². The summed E-state index contributed by atoms with van der Waals surface area (Å²) in [5.74, 6) is -0.493. The summed E-state index contributed by atoms with van der Waals surface area (Å²) in [5.41, 5.74) is 1.56. The molecule has 0 spiro atoms. The number of carbonyl (C=O) groups excluding carboxylic acids is 2. The fraction of sp³-hybridized carbons (Fsp3) is 0.176. The summed E-state index contributed by atoms with van der Waals surface area (Å²) in [6, 6.07) is 8.89. The number of carbonyl (C=O) groups is 2. The number of Topliss-reactive ketones (excluding diaryl/α,β-unsaturated/α-hetero) is 2. The molecule has 5 heteroatoms. The highest BCUT2D eigenvalue weighted by Crippen LogP contribution is 2.22. The Morgan fingerprint density at radius 1 is 0.773 bits per heavy atom. The third-order valence-corrected chi connectivity index (χ3v) is 2.89. The Morgan fingerprint density at radius 2 is 1.23 bits per heavy atom. The van der Waals surface area contributed by atoms with Crippen LogP contribution in [0.15, 0.2) is 36.4 Å². The van der Waals surface area contributed by atoms with Gasteiger partial charge in [0.2, 0.25) is 0 Å². The highest BCUT2D eigenvalue weighted by molar-refractivity contribution is 5.97. The van der Waals surface area contributed by atoms with Crippen molar-refractivity contribution in [1.29, 1.82) is 0 Å². The molecule has 0 atom stereocenters. The molecule has 0 aliphatic rings. The molecule has 2 aromatic carbocycles. The van der Waals surface area contributed by atoms with Crippen LogP contribution in [0.1, 0.15) is 40.1 Å². The molecule has 0 saturated heterocycles. The molecule has 5 nitrogen and oxygen atoms in total. The monoisotopic (exact) mass is 302 g/mol. The van der Waals surface area contributed by atoms with Gasteiger partial charge < -0.3 is 15.3 Å². The normalized spacial score (nSPS) is 9.59. The van der Waals surface area contributed by atoms with E-state index in [2.05, 4.69) is 0 Å². The smallest absolute Gasteiger partial charge is 0.163 e. The van der Waals surface area contributed by atoms with Crippen LogP contribution in [-0.2, 0) is 0 Å². The largest absolute Gasteiger partial charge is 0.508 e. The van der Waals surface area contributed by atoms with Crippen LogP contribution in [0.4, 0.5) is 0 Å². The molecule has 2 aromatic rings. The minimum Gasteiger partial charge on any atom is -0.508 e. The lowest BCUT2D eigenvalue weighted by Gasteiger charge is -1.99. The van der Waals surface area contributed by atoms with Gasteiger partial charge in [0.15, 0.2) is 11.6 Å². The second-order valence-electron chi connectivity index (χ2n) is 4.83. The summed E-state index contributed by atoms with van der Waals surface area (Å²) in [4.78, 5) is 21.6. The Hall–Kier alpha value is -2.82. The molecule has 0 aromatic heterocycles. The van der Waals surface area contributed by atoms with Crippen molar-refractivity contribution in [2.24, 2.45) is 0 Å². The summed E-state index contributed by atoms with van der Waals surface area (Å²) < 4.78 is 0. The first-order valence-electron chi connectivity index (χ1n) is 6.56. The summed E-state index contributed by atoms with van der Waals surface area (Å²) in [5, 5.41) is 27.2. The maximum absolute atomic E-state index is 10.8. The van der Waals surface area contributed by atoms with Crippen molar-refractivity contribution >= 4 is 11.6 Å². The second kappa shape index (κ2) is 7.26. The van der Waals surface area contributed by atoms with E-state index in [1.807, 2.05) is 6.92 Å². The van der Waals surface area contributed by atoms with E-state index in [9.17, 15) is 14.7 Å². The minimum atomic E-state index is -0.220. The van der Waals surface area contributed by atoms with Crippen LogP contribution in [0.3, 0.4) is 0 Å². The molecule has 22 heavy (non-hydrogen) atoms. The van der Waals surface area contributed by atoms with E-state index < -0.39 is 0 Å². The van der Waals surface area contributed by atoms with E-state index >= 15 is 0 Å². The van der Waals surface area contributed by atoms with Crippen molar-refractivity contribution in [3.05, 3.63) is 53.1 Å². The lowest BCUT2D eigenvalue weighted by Crippen LogP contribution is -1.92. The molecule has 2 rings (SSSR count). The van der Waals surface area contributed by atoms with Gasteiger partial charge in [-0.25, -0.2) is 0 Å². The number of rotatable bonds is 2. The first-order chi connectivity index (χ1) is 10.2. The van der Waals surface area contributed by atoms with Crippen molar-refractivity contribution in [2.45, 2.75) is 20.8 Å². The zero-order valence-corrected chi connectivity index (χ0v) is 12.6. The van der Waals surface area contributed by atoms with Crippen LogP contribution in [0, 0.1) is 6.92 Å². The number of hydrogen-bond acceptors (Lipinski definition) is 5. The number of benzene rings is 2. The van der Waals surface area contributed by atoms with Crippen LogP contribution in [0.2, 0.25) is 0 Å². The predicted molar refractivity (Wildman–Crippen MR) is 82.6 cm³/mol. The zero-order valence-electron chi connectivity index (χ0n) is 12.6. The van der Waals surface area contributed by atoms with E-state index in [1.54, 1.807) is 18.2 Å². The average molecular weight is 302 g/mol. The summed E-state index contributed by atoms with van der Waals surface area (Å²) in [7, 11) is 0. The summed E-state index contributed by atoms with van der Waals surface area (Å²) in [6.07, 6.45) is 0. The summed E-state index contributed by atoms with van der Waals surface area (Å²) in [6.45, 7) is 4.65. The minimum absolute atomic E-state index is 0.0486. The van der Waals surface area contributed by atoms with Crippen LogP contribution >= 0.6 is 0 Å². The zero-order chi connectivity index (χ0) is 16.9. The Bertz CT molecular complexity index is 643. The molecule has 0 radical (unpaired) electrons. The fourth-order valence-electron chi connectivity index (χ4n) is 1.76. The van der Waals surface area contributed by atoms with E-state index in [0.717, 1.165) is 11.6 Å². The third kappa shape index (κ3) is 4.63. The maximum atomic E-state index is 10.8. The summed E-state index contributed by atoms with van der Waals surface area (Å²) >= 11 is 0. The van der Waals surface area contributed by atoms with Gasteiger partial charge in [-0.05, 0) is 50.6 Å². The van der Waals surface area contributed by atoms with Gasteiger partial charge in [0.05, 0.1) is 11.1 Å². The molecular formula is C17H18O5.